The zero-order valence-corrected chi connectivity index (χ0v) is 12.7. The van der Waals surface area contributed by atoms with Crippen molar-refractivity contribution in [3.63, 3.8) is 0 Å². The highest BCUT2D eigenvalue weighted by Gasteiger charge is 2.33. The number of nitrogens with zero attached hydrogens (tertiary/aromatic N) is 3. The molecule has 1 fully saturated rings. The summed E-state index contributed by atoms with van der Waals surface area (Å²) in [6, 6.07) is 1.88. The standard InChI is InChI=1S/C15H24N4O/c1-10-5-7-17-14(12(10)13(16)18-20)19-8-6-11(9-19)15(2,3)4/h5,7,11,20H,6,8-9H2,1-4H3,(H2,16,18). The maximum Gasteiger partial charge on any atom is 0.174 e. The molecule has 5 nitrogen and oxygen atoms in total. The van der Waals surface area contributed by atoms with E-state index in [0.717, 1.165) is 36.5 Å². The first-order valence-electron chi connectivity index (χ1n) is 7.03. The molecule has 1 atom stereocenters. The first kappa shape index (κ1) is 14.6. The Bertz CT molecular complexity index is 519. The largest absolute Gasteiger partial charge is 0.409 e. The predicted octanol–water partition coefficient (Wildman–Crippen LogP) is 2.36. The van der Waals surface area contributed by atoms with E-state index in [0.29, 0.717) is 5.92 Å². The third-order valence-electron chi connectivity index (χ3n) is 4.22. The van der Waals surface area contributed by atoms with Crippen molar-refractivity contribution >= 4 is 11.7 Å². The fraction of sp³-hybridized carbons (Fsp3) is 0.600. The second-order valence-electron chi connectivity index (χ2n) is 6.61. The van der Waals surface area contributed by atoms with Crippen LogP contribution in [0.2, 0.25) is 0 Å². The highest BCUT2D eigenvalue weighted by atomic mass is 16.4. The number of aromatic nitrogens is 1. The van der Waals surface area contributed by atoms with E-state index >= 15 is 0 Å². The molecule has 110 valence electrons. The quantitative estimate of drug-likeness (QED) is 0.376. The molecule has 0 aliphatic carbocycles. The van der Waals surface area contributed by atoms with E-state index in [2.05, 4.69) is 35.8 Å². The van der Waals surface area contributed by atoms with E-state index < -0.39 is 0 Å². The molecule has 20 heavy (non-hydrogen) atoms. The van der Waals surface area contributed by atoms with Crippen LogP contribution in [0, 0.1) is 18.3 Å². The lowest BCUT2D eigenvalue weighted by atomic mass is 9.80. The van der Waals surface area contributed by atoms with Crippen LogP contribution in [0.4, 0.5) is 5.82 Å². The van der Waals surface area contributed by atoms with Crippen molar-refractivity contribution in [2.45, 2.75) is 34.1 Å². The highest BCUT2D eigenvalue weighted by molar-refractivity contribution is 6.02. The summed E-state index contributed by atoms with van der Waals surface area (Å²) in [5, 5.41) is 12.1. The molecule has 0 radical (unpaired) electrons. The van der Waals surface area contributed by atoms with Gasteiger partial charge in [0.15, 0.2) is 5.84 Å². The van der Waals surface area contributed by atoms with E-state index in [1.807, 2.05) is 13.0 Å². The lowest BCUT2D eigenvalue weighted by Gasteiger charge is -2.27. The van der Waals surface area contributed by atoms with Crippen LogP contribution in [0.25, 0.3) is 0 Å². The lowest BCUT2D eigenvalue weighted by Crippen LogP contribution is -2.29. The molecular weight excluding hydrogens is 252 g/mol. The fourth-order valence-electron chi connectivity index (χ4n) is 2.81. The molecule has 1 aliphatic heterocycles. The Labute approximate surface area is 120 Å². The van der Waals surface area contributed by atoms with Gasteiger partial charge in [0.05, 0.1) is 5.56 Å². The van der Waals surface area contributed by atoms with Crippen molar-refractivity contribution in [2.24, 2.45) is 22.2 Å². The second kappa shape index (κ2) is 5.31. The Hall–Kier alpha value is -1.78. The van der Waals surface area contributed by atoms with Gasteiger partial charge < -0.3 is 15.8 Å². The fourth-order valence-corrected chi connectivity index (χ4v) is 2.81. The predicted molar refractivity (Wildman–Crippen MR) is 81.3 cm³/mol. The normalized spacial score (nSPS) is 20.5. The Kier molecular flexibility index (Phi) is 3.88. The Morgan fingerprint density at radius 2 is 2.20 bits per heavy atom. The molecule has 0 saturated carbocycles. The van der Waals surface area contributed by atoms with Gasteiger partial charge in [-0.1, -0.05) is 25.9 Å². The Balaban J connectivity index is 2.33. The van der Waals surface area contributed by atoms with Crippen LogP contribution in [0.3, 0.4) is 0 Å². The van der Waals surface area contributed by atoms with Gasteiger partial charge in [0.2, 0.25) is 0 Å². The number of hydrogen-bond acceptors (Lipinski definition) is 4. The first-order chi connectivity index (χ1) is 9.34. The molecule has 3 N–H and O–H groups in total. The monoisotopic (exact) mass is 276 g/mol. The van der Waals surface area contributed by atoms with Gasteiger partial charge in [0.1, 0.15) is 5.82 Å². The summed E-state index contributed by atoms with van der Waals surface area (Å²) in [7, 11) is 0. The SMILES string of the molecule is Cc1ccnc(N2CCC(C(C)(C)C)C2)c1/C(N)=N/O. The number of amidine groups is 1. The van der Waals surface area contributed by atoms with Crippen molar-refractivity contribution in [3.8, 4) is 0 Å². The summed E-state index contributed by atoms with van der Waals surface area (Å²) >= 11 is 0. The third kappa shape index (κ3) is 2.71. The highest BCUT2D eigenvalue weighted by Crippen LogP contribution is 2.36. The van der Waals surface area contributed by atoms with Crippen LogP contribution in [-0.2, 0) is 0 Å². The topological polar surface area (TPSA) is 74.7 Å². The van der Waals surface area contributed by atoms with Crippen LogP contribution < -0.4 is 10.6 Å². The minimum absolute atomic E-state index is 0.129. The molecule has 2 rings (SSSR count). The zero-order valence-electron chi connectivity index (χ0n) is 12.7. The Morgan fingerprint density at radius 3 is 2.75 bits per heavy atom. The average molecular weight is 276 g/mol. The minimum atomic E-state index is 0.129. The summed E-state index contributed by atoms with van der Waals surface area (Å²) in [6.45, 7) is 10.7. The summed E-state index contributed by atoms with van der Waals surface area (Å²) < 4.78 is 0. The van der Waals surface area contributed by atoms with Gasteiger partial charge in [-0.2, -0.15) is 0 Å². The maximum absolute atomic E-state index is 8.98. The lowest BCUT2D eigenvalue weighted by molar-refractivity contribution is 0.263. The summed E-state index contributed by atoms with van der Waals surface area (Å²) in [4.78, 5) is 6.71. The van der Waals surface area contributed by atoms with Gasteiger partial charge in [-0.15, -0.1) is 0 Å². The molecule has 2 heterocycles. The molecular formula is C15H24N4O. The number of aryl methyl sites for hydroxylation is 1. The molecule has 5 heteroatoms. The molecule has 0 spiro atoms. The first-order valence-corrected chi connectivity index (χ1v) is 7.03. The number of oxime groups is 1. The van der Waals surface area contributed by atoms with Crippen molar-refractivity contribution in [3.05, 3.63) is 23.4 Å². The maximum atomic E-state index is 8.98. The van der Waals surface area contributed by atoms with Crippen LogP contribution >= 0.6 is 0 Å². The van der Waals surface area contributed by atoms with Gasteiger partial charge in [-0.3, -0.25) is 0 Å². The number of pyridine rings is 1. The minimum Gasteiger partial charge on any atom is -0.409 e. The molecule has 1 aromatic rings. The molecule has 0 bridgehead atoms. The second-order valence-corrected chi connectivity index (χ2v) is 6.61. The summed E-state index contributed by atoms with van der Waals surface area (Å²) in [6.07, 6.45) is 2.93. The van der Waals surface area contributed by atoms with Crippen molar-refractivity contribution < 1.29 is 5.21 Å². The van der Waals surface area contributed by atoms with E-state index in [-0.39, 0.29) is 11.3 Å². The number of rotatable bonds is 2. The van der Waals surface area contributed by atoms with E-state index in [9.17, 15) is 0 Å². The van der Waals surface area contributed by atoms with Gasteiger partial charge in [0.25, 0.3) is 0 Å². The molecule has 0 amide bonds. The van der Waals surface area contributed by atoms with Crippen molar-refractivity contribution in [1.29, 1.82) is 0 Å². The van der Waals surface area contributed by atoms with Gasteiger partial charge >= 0.3 is 0 Å². The van der Waals surface area contributed by atoms with E-state index in [1.165, 1.54) is 0 Å². The summed E-state index contributed by atoms with van der Waals surface area (Å²) in [5.74, 6) is 1.59. The van der Waals surface area contributed by atoms with Crippen LogP contribution in [0.1, 0.15) is 38.3 Å². The average Bonchev–Trinajstić information content (AvgIpc) is 2.87. The van der Waals surface area contributed by atoms with Gasteiger partial charge in [-0.05, 0) is 36.3 Å². The smallest absolute Gasteiger partial charge is 0.174 e. The Morgan fingerprint density at radius 1 is 1.50 bits per heavy atom. The molecule has 0 aromatic carbocycles. The number of nitrogens with two attached hydrogens (primary N) is 1. The van der Waals surface area contributed by atoms with Gasteiger partial charge in [0, 0.05) is 19.3 Å². The molecule has 1 unspecified atom stereocenters. The summed E-state index contributed by atoms with van der Waals surface area (Å²) in [5.41, 5.74) is 7.82. The van der Waals surface area contributed by atoms with Crippen LogP contribution in [0.5, 0.6) is 0 Å². The van der Waals surface area contributed by atoms with Gasteiger partial charge in [-0.25, -0.2) is 4.98 Å². The van der Waals surface area contributed by atoms with Crippen LogP contribution in [-0.4, -0.2) is 29.1 Å². The van der Waals surface area contributed by atoms with E-state index in [1.54, 1.807) is 6.20 Å². The van der Waals surface area contributed by atoms with E-state index in [4.69, 9.17) is 10.9 Å². The molecule has 1 aromatic heterocycles. The zero-order chi connectivity index (χ0) is 14.9. The number of anilines is 1. The van der Waals surface area contributed by atoms with Crippen LogP contribution in [0.15, 0.2) is 17.4 Å². The third-order valence-corrected chi connectivity index (χ3v) is 4.22. The van der Waals surface area contributed by atoms with Crippen molar-refractivity contribution in [2.75, 3.05) is 18.0 Å². The molecule has 1 saturated heterocycles. The van der Waals surface area contributed by atoms with Crippen molar-refractivity contribution in [1.82, 2.24) is 4.98 Å². The molecule has 1 aliphatic rings. The number of hydrogen-bond donors (Lipinski definition) is 2.